The molecule has 4 aromatic rings. The summed E-state index contributed by atoms with van der Waals surface area (Å²) in [5, 5.41) is 10.8. The van der Waals surface area contributed by atoms with E-state index in [9.17, 15) is 9.59 Å². The number of fused-ring (bicyclic) bond motifs is 1. The summed E-state index contributed by atoms with van der Waals surface area (Å²) in [4.78, 5) is 30.1. The summed E-state index contributed by atoms with van der Waals surface area (Å²) in [7, 11) is 0. The number of nitrogens with one attached hydrogen (secondary N) is 1. The standard InChI is InChI=1S/C26H26N4O2S/c31-25(27-17-22(23-13-8-16-33-23)29-14-6-7-15-29)24-20-11-4-5-12-21(20)26(32)30(28-24)18-19-9-2-1-3-10-19/h1-5,8-13,16,22H,6-7,14-15,17-18H2,(H,27,31)/t22-/m0/s1. The zero-order valence-electron chi connectivity index (χ0n) is 18.3. The highest BCUT2D eigenvalue weighted by atomic mass is 32.1. The molecule has 0 aliphatic carbocycles. The molecular weight excluding hydrogens is 432 g/mol. The van der Waals surface area contributed by atoms with E-state index >= 15 is 0 Å². The third kappa shape index (κ3) is 4.60. The van der Waals surface area contributed by atoms with Crippen LogP contribution in [0.25, 0.3) is 10.8 Å². The Labute approximate surface area is 196 Å². The van der Waals surface area contributed by atoms with Gasteiger partial charge in [0.15, 0.2) is 5.69 Å². The maximum absolute atomic E-state index is 13.4. The third-order valence-corrected chi connectivity index (χ3v) is 7.14. The number of hydrogen-bond acceptors (Lipinski definition) is 5. The molecule has 1 saturated heterocycles. The fourth-order valence-corrected chi connectivity index (χ4v) is 5.34. The highest BCUT2D eigenvalue weighted by molar-refractivity contribution is 7.10. The average molecular weight is 459 g/mol. The summed E-state index contributed by atoms with van der Waals surface area (Å²) >= 11 is 1.72. The topological polar surface area (TPSA) is 67.2 Å². The second kappa shape index (κ2) is 9.68. The Bertz CT molecular complexity index is 1300. The summed E-state index contributed by atoms with van der Waals surface area (Å²) in [6, 6.07) is 21.2. The van der Waals surface area contributed by atoms with Gasteiger partial charge in [-0.25, -0.2) is 4.68 Å². The van der Waals surface area contributed by atoms with Crippen LogP contribution in [-0.2, 0) is 6.54 Å². The van der Waals surface area contributed by atoms with Crippen molar-refractivity contribution in [3.05, 3.63) is 98.6 Å². The van der Waals surface area contributed by atoms with E-state index < -0.39 is 0 Å². The Hall–Kier alpha value is -3.29. The Balaban J connectivity index is 1.45. The number of thiophene rings is 1. The average Bonchev–Trinajstić information content (AvgIpc) is 3.57. The van der Waals surface area contributed by atoms with Crippen molar-refractivity contribution in [2.24, 2.45) is 0 Å². The molecule has 3 heterocycles. The van der Waals surface area contributed by atoms with Gasteiger partial charge in [0.2, 0.25) is 0 Å². The molecular formula is C26H26N4O2S. The van der Waals surface area contributed by atoms with Crippen molar-refractivity contribution in [2.75, 3.05) is 19.6 Å². The van der Waals surface area contributed by atoms with Crippen LogP contribution in [0.2, 0.25) is 0 Å². The number of amides is 1. The first-order valence-corrected chi connectivity index (χ1v) is 12.2. The first-order valence-electron chi connectivity index (χ1n) is 11.3. The second-order valence-corrected chi connectivity index (χ2v) is 9.31. The lowest BCUT2D eigenvalue weighted by atomic mass is 10.1. The van der Waals surface area contributed by atoms with E-state index in [4.69, 9.17) is 0 Å². The number of nitrogens with zero attached hydrogens (tertiary/aromatic N) is 3. The quantitative estimate of drug-likeness (QED) is 0.453. The van der Waals surface area contributed by atoms with Crippen LogP contribution >= 0.6 is 11.3 Å². The first-order chi connectivity index (χ1) is 16.2. The van der Waals surface area contributed by atoms with Crippen LogP contribution < -0.4 is 10.9 Å². The van der Waals surface area contributed by atoms with Crippen molar-refractivity contribution in [1.29, 1.82) is 0 Å². The summed E-state index contributed by atoms with van der Waals surface area (Å²) in [6.45, 7) is 2.91. The van der Waals surface area contributed by atoms with Crippen LogP contribution in [0.15, 0.2) is 76.9 Å². The van der Waals surface area contributed by atoms with Crippen LogP contribution in [0.5, 0.6) is 0 Å². The molecule has 1 N–H and O–H groups in total. The Morgan fingerprint density at radius 3 is 2.42 bits per heavy atom. The minimum absolute atomic E-state index is 0.151. The van der Waals surface area contributed by atoms with Crippen LogP contribution in [0.4, 0.5) is 0 Å². The molecule has 5 rings (SSSR count). The predicted octanol–water partition coefficient (Wildman–Crippen LogP) is 4.07. The van der Waals surface area contributed by atoms with Gasteiger partial charge >= 0.3 is 0 Å². The molecule has 0 unspecified atom stereocenters. The van der Waals surface area contributed by atoms with Gasteiger partial charge in [-0.1, -0.05) is 54.6 Å². The van der Waals surface area contributed by atoms with Gasteiger partial charge in [-0.05, 0) is 49.0 Å². The predicted molar refractivity (Wildman–Crippen MR) is 132 cm³/mol. The van der Waals surface area contributed by atoms with Crippen LogP contribution in [0, 0.1) is 0 Å². The second-order valence-electron chi connectivity index (χ2n) is 8.33. The molecule has 1 atom stereocenters. The molecule has 0 radical (unpaired) electrons. The normalized spacial score (nSPS) is 15.0. The minimum Gasteiger partial charge on any atom is -0.349 e. The largest absolute Gasteiger partial charge is 0.349 e. The molecule has 1 amide bonds. The van der Waals surface area contributed by atoms with Gasteiger partial charge < -0.3 is 5.32 Å². The van der Waals surface area contributed by atoms with E-state index in [1.54, 1.807) is 23.5 Å². The molecule has 6 nitrogen and oxygen atoms in total. The van der Waals surface area contributed by atoms with E-state index in [-0.39, 0.29) is 23.2 Å². The number of benzene rings is 2. The van der Waals surface area contributed by atoms with E-state index in [0.29, 0.717) is 23.9 Å². The van der Waals surface area contributed by atoms with Gasteiger partial charge in [-0.2, -0.15) is 5.10 Å². The fourth-order valence-electron chi connectivity index (χ4n) is 4.48. The van der Waals surface area contributed by atoms with E-state index in [1.807, 2.05) is 42.5 Å². The van der Waals surface area contributed by atoms with Crippen LogP contribution in [-0.4, -0.2) is 40.2 Å². The molecule has 1 aliphatic rings. The molecule has 7 heteroatoms. The minimum atomic E-state index is -0.256. The number of likely N-dealkylation sites (tertiary alicyclic amines) is 1. The molecule has 0 spiro atoms. The Kier molecular flexibility index (Phi) is 6.32. The molecule has 1 fully saturated rings. The van der Waals surface area contributed by atoms with Gasteiger partial charge in [-0.15, -0.1) is 11.3 Å². The molecule has 168 valence electrons. The monoisotopic (exact) mass is 458 g/mol. The fraction of sp³-hybridized carbons (Fsp3) is 0.269. The van der Waals surface area contributed by atoms with Gasteiger partial charge in [0.05, 0.1) is 18.0 Å². The van der Waals surface area contributed by atoms with Gasteiger partial charge in [0, 0.05) is 16.8 Å². The summed E-state index contributed by atoms with van der Waals surface area (Å²) in [6.07, 6.45) is 2.37. The van der Waals surface area contributed by atoms with E-state index in [2.05, 4.69) is 32.8 Å². The lowest BCUT2D eigenvalue weighted by molar-refractivity contribution is 0.0933. The van der Waals surface area contributed by atoms with E-state index in [1.165, 1.54) is 22.4 Å². The Morgan fingerprint density at radius 1 is 0.970 bits per heavy atom. The molecule has 1 aliphatic heterocycles. The van der Waals surface area contributed by atoms with Crippen molar-refractivity contribution < 1.29 is 4.79 Å². The van der Waals surface area contributed by atoms with Gasteiger partial charge in [-0.3, -0.25) is 14.5 Å². The van der Waals surface area contributed by atoms with Gasteiger partial charge in [0.25, 0.3) is 11.5 Å². The van der Waals surface area contributed by atoms with E-state index in [0.717, 1.165) is 18.7 Å². The zero-order chi connectivity index (χ0) is 22.6. The summed E-state index contributed by atoms with van der Waals surface area (Å²) in [5.74, 6) is -0.256. The third-order valence-electron chi connectivity index (χ3n) is 6.17. The van der Waals surface area contributed by atoms with Crippen molar-refractivity contribution >= 4 is 28.0 Å². The molecule has 2 aromatic carbocycles. The van der Waals surface area contributed by atoms with Crippen LogP contribution in [0.1, 0.15) is 39.8 Å². The number of hydrogen-bond donors (Lipinski definition) is 1. The molecule has 33 heavy (non-hydrogen) atoms. The lowest BCUT2D eigenvalue weighted by Gasteiger charge is -2.27. The zero-order valence-corrected chi connectivity index (χ0v) is 19.1. The summed E-state index contributed by atoms with van der Waals surface area (Å²) in [5.41, 5.74) is 1.05. The lowest BCUT2D eigenvalue weighted by Crippen LogP contribution is -2.37. The highest BCUT2D eigenvalue weighted by Gasteiger charge is 2.25. The Morgan fingerprint density at radius 2 is 1.70 bits per heavy atom. The number of aromatic nitrogens is 2. The van der Waals surface area contributed by atoms with Crippen molar-refractivity contribution in [3.8, 4) is 0 Å². The number of rotatable bonds is 7. The smallest absolute Gasteiger partial charge is 0.274 e. The number of carbonyl (C=O) groups excluding carboxylic acids is 1. The van der Waals surface area contributed by atoms with Crippen LogP contribution in [0.3, 0.4) is 0 Å². The molecule has 0 saturated carbocycles. The SMILES string of the molecule is O=C(NC[C@@H](c1cccs1)N1CCCC1)c1nn(Cc2ccccc2)c(=O)c2ccccc12. The van der Waals surface area contributed by atoms with Gasteiger partial charge in [0.1, 0.15) is 0 Å². The maximum Gasteiger partial charge on any atom is 0.274 e. The van der Waals surface area contributed by atoms with Crippen molar-refractivity contribution in [1.82, 2.24) is 20.0 Å². The van der Waals surface area contributed by atoms with Crippen molar-refractivity contribution in [3.63, 3.8) is 0 Å². The highest BCUT2D eigenvalue weighted by Crippen LogP contribution is 2.28. The first kappa shape index (κ1) is 21.6. The van der Waals surface area contributed by atoms with Crippen molar-refractivity contribution in [2.45, 2.75) is 25.4 Å². The molecule has 2 aromatic heterocycles. The maximum atomic E-state index is 13.4. The summed E-state index contributed by atoms with van der Waals surface area (Å²) < 4.78 is 1.39. The number of carbonyl (C=O) groups is 1. The molecule has 0 bridgehead atoms.